The molecule has 0 heterocycles. The third-order valence-electron chi connectivity index (χ3n) is 2.29. The molecule has 0 heteroatoms. The molecule has 0 aliphatic heterocycles. The molecule has 0 fully saturated rings. The molecule has 15 heavy (non-hydrogen) atoms. The van der Waals surface area contributed by atoms with Crippen molar-refractivity contribution in [2.24, 2.45) is 0 Å². The van der Waals surface area contributed by atoms with Gasteiger partial charge in [0.1, 0.15) is 0 Å². The Morgan fingerprint density at radius 1 is 1.07 bits per heavy atom. The van der Waals surface area contributed by atoms with Gasteiger partial charge in [-0.05, 0) is 47.5 Å². The molecule has 0 aliphatic rings. The number of allylic oxidation sites excluding steroid dienone is 8. The highest BCUT2D eigenvalue weighted by Gasteiger charge is 1.86. The van der Waals surface area contributed by atoms with Crippen LogP contribution in [-0.4, -0.2) is 0 Å². The van der Waals surface area contributed by atoms with Gasteiger partial charge in [0.25, 0.3) is 0 Å². The van der Waals surface area contributed by atoms with Crippen molar-refractivity contribution in [3.63, 3.8) is 0 Å². The average Bonchev–Trinajstić information content (AvgIpc) is 2.17. The third-order valence-corrected chi connectivity index (χ3v) is 2.29. The van der Waals surface area contributed by atoms with E-state index in [0.29, 0.717) is 0 Å². The molecule has 0 aromatic heterocycles. The Morgan fingerprint density at radius 2 is 1.73 bits per heavy atom. The molecule has 0 aromatic rings. The van der Waals surface area contributed by atoms with Gasteiger partial charge in [0, 0.05) is 0 Å². The van der Waals surface area contributed by atoms with Crippen LogP contribution in [0.3, 0.4) is 0 Å². The van der Waals surface area contributed by atoms with E-state index in [1.807, 2.05) is 0 Å². The van der Waals surface area contributed by atoms with Crippen molar-refractivity contribution in [1.82, 2.24) is 0 Å². The minimum Gasteiger partial charge on any atom is -0.0887 e. The standard InChI is InChI=1S/C15H24/c1-6-14(4)10-8-12-15(5)11-7-9-13(2)3/h6-7,9,11-12H,8,10H2,1-5H3/b11-7-,14-6+,15-12-. The summed E-state index contributed by atoms with van der Waals surface area (Å²) in [5, 5.41) is 0. The fraction of sp³-hybridized carbons (Fsp3) is 0.467. The van der Waals surface area contributed by atoms with Crippen LogP contribution in [0.5, 0.6) is 0 Å². The largest absolute Gasteiger partial charge is 0.0887 e. The first kappa shape index (κ1) is 14.0. The van der Waals surface area contributed by atoms with Gasteiger partial charge in [-0.15, -0.1) is 0 Å². The molecule has 0 rings (SSSR count). The summed E-state index contributed by atoms with van der Waals surface area (Å²) in [5.74, 6) is 0. The molecule has 0 nitrogen and oxygen atoms in total. The Balaban J connectivity index is 4.00. The smallest absolute Gasteiger partial charge is 0.0288 e. The SMILES string of the molecule is C/C=C(\C)CC/C=C(C)\C=C/C=C(C)C. The highest BCUT2D eigenvalue weighted by Crippen LogP contribution is 2.07. The van der Waals surface area contributed by atoms with Crippen LogP contribution in [-0.2, 0) is 0 Å². The Morgan fingerprint density at radius 3 is 2.27 bits per heavy atom. The normalized spacial score (nSPS) is 13.4. The summed E-state index contributed by atoms with van der Waals surface area (Å²) < 4.78 is 0. The van der Waals surface area contributed by atoms with E-state index in [1.165, 1.54) is 23.1 Å². The van der Waals surface area contributed by atoms with Crippen LogP contribution in [0.1, 0.15) is 47.5 Å². The Kier molecular flexibility index (Phi) is 7.71. The van der Waals surface area contributed by atoms with Crippen LogP contribution in [0.15, 0.2) is 47.1 Å². The predicted octanol–water partition coefficient (Wildman–Crippen LogP) is 5.20. The van der Waals surface area contributed by atoms with E-state index < -0.39 is 0 Å². The van der Waals surface area contributed by atoms with Crippen molar-refractivity contribution < 1.29 is 0 Å². The minimum absolute atomic E-state index is 1.14. The quantitative estimate of drug-likeness (QED) is 0.426. The topological polar surface area (TPSA) is 0 Å². The van der Waals surface area contributed by atoms with Crippen LogP contribution in [0.4, 0.5) is 0 Å². The Hall–Kier alpha value is -1.04. The second-order valence-electron chi connectivity index (χ2n) is 4.22. The second-order valence-corrected chi connectivity index (χ2v) is 4.22. The summed E-state index contributed by atoms with van der Waals surface area (Å²) in [5.41, 5.74) is 4.15. The Labute approximate surface area is 95.1 Å². The summed E-state index contributed by atoms with van der Waals surface area (Å²) in [7, 11) is 0. The fourth-order valence-electron chi connectivity index (χ4n) is 1.13. The summed E-state index contributed by atoms with van der Waals surface area (Å²) in [4.78, 5) is 0. The van der Waals surface area contributed by atoms with E-state index in [2.05, 4.69) is 65.0 Å². The van der Waals surface area contributed by atoms with Crippen molar-refractivity contribution in [1.29, 1.82) is 0 Å². The van der Waals surface area contributed by atoms with Gasteiger partial charge < -0.3 is 0 Å². The summed E-state index contributed by atoms with van der Waals surface area (Å²) in [6.07, 6.45) is 13.2. The molecule has 0 N–H and O–H groups in total. The number of rotatable bonds is 5. The van der Waals surface area contributed by atoms with Gasteiger partial charge in [-0.2, -0.15) is 0 Å². The number of hydrogen-bond donors (Lipinski definition) is 0. The predicted molar refractivity (Wildman–Crippen MR) is 71.0 cm³/mol. The minimum atomic E-state index is 1.14. The van der Waals surface area contributed by atoms with Gasteiger partial charge in [-0.25, -0.2) is 0 Å². The zero-order valence-corrected chi connectivity index (χ0v) is 10.8. The molecule has 0 aromatic carbocycles. The molecule has 84 valence electrons. The highest BCUT2D eigenvalue weighted by atomic mass is 13.9. The van der Waals surface area contributed by atoms with Crippen LogP contribution < -0.4 is 0 Å². The van der Waals surface area contributed by atoms with Crippen molar-refractivity contribution in [2.75, 3.05) is 0 Å². The molecule has 0 saturated carbocycles. The lowest BCUT2D eigenvalue weighted by Gasteiger charge is -1.96. The maximum Gasteiger partial charge on any atom is -0.0288 e. The van der Waals surface area contributed by atoms with Crippen LogP contribution >= 0.6 is 0 Å². The van der Waals surface area contributed by atoms with Crippen LogP contribution in [0, 0.1) is 0 Å². The summed E-state index contributed by atoms with van der Waals surface area (Å²) in [6.45, 7) is 10.7. The second kappa shape index (κ2) is 8.28. The molecule has 0 bridgehead atoms. The number of hydrogen-bond acceptors (Lipinski definition) is 0. The van der Waals surface area contributed by atoms with E-state index in [-0.39, 0.29) is 0 Å². The van der Waals surface area contributed by atoms with Gasteiger partial charge in [0.2, 0.25) is 0 Å². The van der Waals surface area contributed by atoms with Gasteiger partial charge in [-0.3, -0.25) is 0 Å². The molecule has 0 spiro atoms. The van der Waals surface area contributed by atoms with Crippen molar-refractivity contribution in [2.45, 2.75) is 47.5 Å². The van der Waals surface area contributed by atoms with E-state index >= 15 is 0 Å². The first-order valence-corrected chi connectivity index (χ1v) is 5.66. The maximum absolute atomic E-state index is 2.29. The lowest BCUT2D eigenvalue weighted by molar-refractivity contribution is 0.967. The highest BCUT2D eigenvalue weighted by molar-refractivity contribution is 5.21. The fourth-order valence-corrected chi connectivity index (χ4v) is 1.13. The van der Waals surface area contributed by atoms with Gasteiger partial charge in [0.15, 0.2) is 0 Å². The monoisotopic (exact) mass is 204 g/mol. The van der Waals surface area contributed by atoms with Crippen molar-refractivity contribution in [3.05, 3.63) is 47.1 Å². The lowest BCUT2D eigenvalue weighted by atomic mass is 10.1. The van der Waals surface area contributed by atoms with E-state index in [9.17, 15) is 0 Å². The van der Waals surface area contributed by atoms with Crippen molar-refractivity contribution >= 4 is 0 Å². The lowest BCUT2D eigenvalue weighted by Crippen LogP contribution is -1.76. The van der Waals surface area contributed by atoms with Gasteiger partial charge in [0.05, 0.1) is 0 Å². The molecule has 0 aliphatic carbocycles. The van der Waals surface area contributed by atoms with Crippen LogP contribution in [0.25, 0.3) is 0 Å². The van der Waals surface area contributed by atoms with Crippen LogP contribution in [0.2, 0.25) is 0 Å². The maximum atomic E-state index is 2.29. The van der Waals surface area contributed by atoms with E-state index in [4.69, 9.17) is 0 Å². The first-order valence-electron chi connectivity index (χ1n) is 5.66. The molecule has 0 amide bonds. The third kappa shape index (κ3) is 9.27. The molecule has 0 saturated heterocycles. The van der Waals surface area contributed by atoms with Crippen molar-refractivity contribution in [3.8, 4) is 0 Å². The molecular weight excluding hydrogens is 180 g/mol. The van der Waals surface area contributed by atoms with E-state index in [0.717, 1.165) is 6.42 Å². The Bertz CT molecular complexity index is 281. The summed E-state index contributed by atoms with van der Waals surface area (Å²) in [6, 6.07) is 0. The molecular formula is C15H24. The van der Waals surface area contributed by atoms with E-state index in [1.54, 1.807) is 0 Å². The molecule has 0 unspecified atom stereocenters. The average molecular weight is 204 g/mol. The first-order chi connectivity index (χ1) is 7.06. The molecule has 0 radical (unpaired) electrons. The molecule has 0 atom stereocenters. The zero-order chi connectivity index (χ0) is 11.7. The summed E-state index contributed by atoms with van der Waals surface area (Å²) >= 11 is 0. The zero-order valence-electron chi connectivity index (χ0n) is 10.8. The van der Waals surface area contributed by atoms with Gasteiger partial charge in [-0.1, -0.05) is 47.1 Å². The van der Waals surface area contributed by atoms with Gasteiger partial charge >= 0.3 is 0 Å².